The van der Waals surface area contributed by atoms with E-state index in [1.165, 1.54) is 44.9 Å². The van der Waals surface area contributed by atoms with Crippen LogP contribution in [0.25, 0.3) is 0 Å². The molecule has 2 unspecified atom stereocenters. The molecule has 0 amide bonds. The molecular formula is C14H27N. The van der Waals surface area contributed by atoms with Crippen LogP contribution < -0.4 is 5.32 Å². The van der Waals surface area contributed by atoms with Crippen LogP contribution in [-0.4, -0.2) is 12.1 Å². The van der Waals surface area contributed by atoms with Crippen LogP contribution in [0.1, 0.15) is 65.7 Å². The maximum Gasteiger partial charge on any atom is 0.0103 e. The van der Waals surface area contributed by atoms with Crippen molar-refractivity contribution in [1.82, 2.24) is 5.32 Å². The summed E-state index contributed by atoms with van der Waals surface area (Å²) in [4.78, 5) is 0. The Kier molecular flexibility index (Phi) is 3.39. The lowest BCUT2D eigenvalue weighted by atomic mass is 9.69. The standard InChI is InChI=1S/C14H27N/c1-14(2,3)12-9-4-5-10-13(12)15-11-7-6-8-11/h11-13,15H,4-10H2,1-3H3. The van der Waals surface area contributed by atoms with Crippen LogP contribution in [0.5, 0.6) is 0 Å². The van der Waals surface area contributed by atoms with E-state index in [1.807, 2.05) is 0 Å². The summed E-state index contributed by atoms with van der Waals surface area (Å²) in [5, 5.41) is 3.91. The van der Waals surface area contributed by atoms with Crippen molar-refractivity contribution in [3.05, 3.63) is 0 Å². The fourth-order valence-electron chi connectivity index (χ4n) is 3.24. The highest BCUT2D eigenvalue weighted by atomic mass is 15.0. The molecule has 15 heavy (non-hydrogen) atoms. The van der Waals surface area contributed by atoms with Crippen LogP contribution in [0.4, 0.5) is 0 Å². The molecule has 0 saturated heterocycles. The molecule has 2 fully saturated rings. The van der Waals surface area contributed by atoms with E-state index < -0.39 is 0 Å². The Morgan fingerprint density at radius 3 is 2.07 bits per heavy atom. The Morgan fingerprint density at radius 1 is 0.867 bits per heavy atom. The SMILES string of the molecule is CC(C)(C)C1CCCCC1NC1CCC1. The second kappa shape index (κ2) is 4.45. The molecule has 2 atom stereocenters. The lowest BCUT2D eigenvalue weighted by Crippen LogP contribution is -2.50. The van der Waals surface area contributed by atoms with E-state index in [4.69, 9.17) is 0 Å². The van der Waals surface area contributed by atoms with Gasteiger partial charge in [0, 0.05) is 12.1 Å². The molecule has 0 aliphatic heterocycles. The predicted molar refractivity (Wildman–Crippen MR) is 66.0 cm³/mol. The summed E-state index contributed by atoms with van der Waals surface area (Å²) in [5.41, 5.74) is 0.488. The molecule has 0 aromatic carbocycles. The summed E-state index contributed by atoms with van der Waals surface area (Å²) < 4.78 is 0. The van der Waals surface area contributed by atoms with E-state index >= 15 is 0 Å². The van der Waals surface area contributed by atoms with Crippen LogP contribution in [0.3, 0.4) is 0 Å². The smallest absolute Gasteiger partial charge is 0.0103 e. The monoisotopic (exact) mass is 209 g/mol. The molecule has 0 spiro atoms. The minimum atomic E-state index is 0.488. The minimum Gasteiger partial charge on any atom is -0.311 e. The van der Waals surface area contributed by atoms with Gasteiger partial charge in [-0.3, -0.25) is 0 Å². The van der Waals surface area contributed by atoms with Gasteiger partial charge in [0.25, 0.3) is 0 Å². The second-order valence-corrected chi connectivity index (χ2v) is 6.66. The van der Waals surface area contributed by atoms with Gasteiger partial charge in [0.05, 0.1) is 0 Å². The first-order valence-electron chi connectivity index (χ1n) is 6.83. The number of hydrogen-bond acceptors (Lipinski definition) is 1. The summed E-state index contributed by atoms with van der Waals surface area (Å²) >= 11 is 0. The highest BCUT2D eigenvalue weighted by molar-refractivity contribution is 4.91. The van der Waals surface area contributed by atoms with Crippen LogP contribution in [0, 0.1) is 11.3 Å². The molecule has 2 aliphatic carbocycles. The number of hydrogen-bond donors (Lipinski definition) is 1. The average molecular weight is 209 g/mol. The van der Waals surface area contributed by atoms with Crippen molar-refractivity contribution in [2.45, 2.75) is 77.8 Å². The highest BCUT2D eigenvalue weighted by Gasteiger charge is 2.35. The minimum absolute atomic E-state index is 0.488. The molecule has 2 saturated carbocycles. The third-order valence-electron chi connectivity index (χ3n) is 4.43. The molecular weight excluding hydrogens is 182 g/mol. The van der Waals surface area contributed by atoms with Crippen molar-refractivity contribution in [1.29, 1.82) is 0 Å². The zero-order valence-electron chi connectivity index (χ0n) is 10.7. The highest BCUT2D eigenvalue weighted by Crippen LogP contribution is 2.38. The molecule has 2 rings (SSSR count). The van der Waals surface area contributed by atoms with E-state index in [0.29, 0.717) is 5.41 Å². The lowest BCUT2D eigenvalue weighted by Gasteiger charge is -2.44. The van der Waals surface area contributed by atoms with Gasteiger partial charge >= 0.3 is 0 Å². The largest absolute Gasteiger partial charge is 0.311 e. The van der Waals surface area contributed by atoms with Crippen molar-refractivity contribution in [3.8, 4) is 0 Å². The van der Waals surface area contributed by atoms with E-state index in [1.54, 1.807) is 0 Å². The van der Waals surface area contributed by atoms with Gasteiger partial charge in [-0.1, -0.05) is 40.0 Å². The zero-order chi connectivity index (χ0) is 10.9. The van der Waals surface area contributed by atoms with Crippen molar-refractivity contribution < 1.29 is 0 Å². The van der Waals surface area contributed by atoms with Gasteiger partial charge < -0.3 is 5.32 Å². The molecule has 1 heteroatoms. The van der Waals surface area contributed by atoms with Gasteiger partial charge in [0.1, 0.15) is 0 Å². The third kappa shape index (κ3) is 2.75. The Morgan fingerprint density at radius 2 is 1.53 bits per heavy atom. The fourth-order valence-corrected chi connectivity index (χ4v) is 3.24. The Labute approximate surface area is 95.0 Å². The van der Waals surface area contributed by atoms with Crippen molar-refractivity contribution in [3.63, 3.8) is 0 Å². The maximum atomic E-state index is 3.91. The second-order valence-electron chi connectivity index (χ2n) is 6.66. The third-order valence-corrected chi connectivity index (χ3v) is 4.43. The molecule has 1 N–H and O–H groups in total. The molecule has 0 bridgehead atoms. The molecule has 0 heterocycles. The maximum absolute atomic E-state index is 3.91. The molecule has 0 aromatic heterocycles. The molecule has 0 aromatic rings. The van der Waals surface area contributed by atoms with Gasteiger partial charge in [-0.15, -0.1) is 0 Å². The fraction of sp³-hybridized carbons (Fsp3) is 1.00. The summed E-state index contributed by atoms with van der Waals surface area (Å²) in [6, 6.07) is 1.67. The normalized spacial score (nSPS) is 33.8. The average Bonchev–Trinajstić information content (AvgIpc) is 2.10. The molecule has 1 nitrogen and oxygen atoms in total. The summed E-state index contributed by atoms with van der Waals surface area (Å²) in [5.74, 6) is 0.895. The Hall–Kier alpha value is -0.0400. The molecule has 0 radical (unpaired) electrons. The van der Waals surface area contributed by atoms with Gasteiger partial charge in [-0.2, -0.15) is 0 Å². The van der Waals surface area contributed by atoms with E-state index in [2.05, 4.69) is 26.1 Å². The first-order chi connectivity index (χ1) is 7.07. The summed E-state index contributed by atoms with van der Waals surface area (Å²) in [7, 11) is 0. The number of nitrogens with one attached hydrogen (secondary N) is 1. The van der Waals surface area contributed by atoms with Crippen molar-refractivity contribution >= 4 is 0 Å². The number of rotatable bonds is 2. The van der Waals surface area contributed by atoms with Gasteiger partial charge in [-0.25, -0.2) is 0 Å². The molecule has 88 valence electrons. The topological polar surface area (TPSA) is 12.0 Å². The van der Waals surface area contributed by atoms with Crippen LogP contribution in [0.15, 0.2) is 0 Å². The first-order valence-corrected chi connectivity index (χ1v) is 6.83. The van der Waals surface area contributed by atoms with Crippen LogP contribution in [-0.2, 0) is 0 Å². The van der Waals surface area contributed by atoms with E-state index in [0.717, 1.165) is 18.0 Å². The van der Waals surface area contributed by atoms with Gasteiger partial charge in [-0.05, 0) is 37.0 Å². The van der Waals surface area contributed by atoms with Crippen LogP contribution >= 0.6 is 0 Å². The first kappa shape index (κ1) is 11.4. The lowest BCUT2D eigenvalue weighted by molar-refractivity contribution is 0.112. The Bertz CT molecular complexity index is 200. The van der Waals surface area contributed by atoms with E-state index in [9.17, 15) is 0 Å². The van der Waals surface area contributed by atoms with E-state index in [-0.39, 0.29) is 0 Å². The predicted octanol–water partition coefficient (Wildman–Crippen LogP) is 3.73. The quantitative estimate of drug-likeness (QED) is 0.730. The zero-order valence-corrected chi connectivity index (χ0v) is 10.7. The van der Waals surface area contributed by atoms with Gasteiger partial charge in [0.15, 0.2) is 0 Å². The van der Waals surface area contributed by atoms with Crippen molar-refractivity contribution in [2.75, 3.05) is 0 Å². The van der Waals surface area contributed by atoms with Crippen LogP contribution in [0.2, 0.25) is 0 Å². The van der Waals surface area contributed by atoms with Crippen molar-refractivity contribution in [2.24, 2.45) is 11.3 Å². The Balaban J connectivity index is 1.92. The van der Waals surface area contributed by atoms with Gasteiger partial charge in [0.2, 0.25) is 0 Å². The summed E-state index contributed by atoms with van der Waals surface area (Å²) in [6.07, 6.45) is 10.0. The summed E-state index contributed by atoms with van der Waals surface area (Å²) in [6.45, 7) is 7.25. The molecule has 2 aliphatic rings.